The molecule has 1 aliphatic heterocycles. The Morgan fingerprint density at radius 2 is 2.13 bits per heavy atom. The van der Waals surface area contributed by atoms with Crippen LogP contribution in [0.5, 0.6) is 0 Å². The molecule has 1 fully saturated rings. The number of hydrogen-bond donors (Lipinski definition) is 0. The molecule has 1 aliphatic rings. The van der Waals surface area contributed by atoms with Gasteiger partial charge in [-0.3, -0.25) is 4.90 Å². The van der Waals surface area contributed by atoms with Gasteiger partial charge in [-0.15, -0.1) is 0 Å². The fourth-order valence-corrected chi connectivity index (χ4v) is 1.88. The summed E-state index contributed by atoms with van der Waals surface area (Å²) in [5.74, 6) is 0. The van der Waals surface area contributed by atoms with E-state index in [0.29, 0.717) is 6.10 Å². The first-order valence-electron chi connectivity index (χ1n) is 5.97. The first kappa shape index (κ1) is 12.9. The monoisotopic (exact) mass is 215 g/mol. The Hall–Kier alpha value is -0.120. The van der Waals surface area contributed by atoms with Crippen LogP contribution >= 0.6 is 0 Å². The van der Waals surface area contributed by atoms with Crippen LogP contribution in [-0.2, 0) is 9.47 Å². The summed E-state index contributed by atoms with van der Waals surface area (Å²) < 4.78 is 11.0. The van der Waals surface area contributed by atoms with Crippen LogP contribution < -0.4 is 0 Å². The second kappa shape index (κ2) is 5.83. The van der Waals surface area contributed by atoms with E-state index in [0.717, 1.165) is 39.3 Å². The highest BCUT2D eigenvalue weighted by molar-refractivity contribution is 4.84. The molecule has 3 heteroatoms. The standard InChI is InChI=1S/C12H25NO2/c1-11(2)15-8-5-6-13-7-9-14-10-12(13,3)4/h11H,5-10H2,1-4H3. The fraction of sp³-hybridized carbons (Fsp3) is 1.00. The van der Waals surface area contributed by atoms with Crippen molar-refractivity contribution in [2.45, 2.75) is 45.8 Å². The number of ether oxygens (including phenoxy) is 2. The summed E-state index contributed by atoms with van der Waals surface area (Å²) in [6.07, 6.45) is 1.46. The molecule has 15 heavy (non-hydrogen) atoms. The van der Waals surface area contributed by atoms with Crippen molar-refractivity contribution in [3.8, 4) is 0 Å². The molecular formula is C12H25NO2. The van der Waals surface area contributed by atoms with Gasteiger partial charge in [-0.05, 0) is 34.1 Å². The van der Waals surface area contributed by atoms with E-state index in [-0.39, 0.29) is 5.54 Å². The summed E-state index contributed by atoms with van der Waals surface area (Å²) in [6, 6.07) is 0. The van der Waals surface area contributed by atoms with Gasteiger partial charge in [0.15, 0.2) is 0 Å². The number of nitrogens with zero attached hydrogens (tertiary/aromatic N) is 1. The Bertz CT molecular complexity index is 180. The Kier molecular flexibility index (Phi) is 5.03. The van der Waals surface area contributed by atoms with E-state index in [2.05, 4.69) is 32.6 Å². The van der Waals surface area contributed by atoms with Crippen molar-refractivity contribution >= 4 is 0 Å². The quantitative estimate of drug-likeness (QED) is 0.654. The molecule has 0 atom stereocenters. The maximum atomic E-state index is 5.54. The summed E-state index contributed by atoms with van der Waals surface area (Å²) in [5.41, 5.74) is 0.191. The van der Waals surface area contributed by atoms with Crippen LogP contribution in [0.2, 0.25) is 0 Å². The van der Waals surface area contributed by atoms with E-state index in [9.17, 15) is 0 Å². The maximum Gasteiger partial charge on any atom is 0.0645 e. The van der Waals surface area contributed by atoms with Gasteiger partial charge in [-0.1, -0.05) is 0 Å². The summed E-state index contributed by atoms with van der Waals surface area (Å²) in [5, 5.41) is 0. The lowest BCUT2D eigenvalue weighted by atomic mass is 10.0. The summed E-state index contributed by atoms with van der Waals surface area (Å²) in [6.45, 7) is 13.4. The highest BCUT2D eigenvalue weighted by Crippen LogP contribution is 2.18. The maximum absolute atomic E-state index is 5.54. The lowest BCUT2D eigenvalue weighted by Crippen LogP contribution is -2.53. The van der Waals surface area contributed by atoms with Crippen molar-refractivity contribution in [3.05, 3.63) is 0 Å². The largest absolute Gasteiger partial charge is 0.379 e. The predicted octanol–water partition coefficient (Wildman–Crippen LogP) is 1.91. The van der Waals surface area contributed by atoms with Crippen molar-refractivity contribution in [1.82, 2.24) is 4.90 Å². The minimum atomic E-state index is 0.191. The van der Waals surface area contributed by atoms with Crippen molar-refractivity contribution in [3.63, 3.8) is 0 Å². The molecule has 0 bridgehead atoms. The molecular weight excluding hydrogens is 190 g/mol. The second-order valence-electron chi connectivity index (χ2n) is 5.13. The van der Waals surface area contributed by atoms with E-state index in [1.807, 2.05) is 0 Å². The van der Waals surface area contributed by atoms with Crippen LogP contribution in [0.3, 0.4) is 0 Å². The first-order valence-corrected chi connectivity index (χ1v) is 5.97. The van der Waals surface area contributed by atoms with Crippen molar-refractivity contribution in [1.29, 1.82) is 0 Å². The van der Waals surface area contributed by atoms with E-state index in [1.54, 1.807) is 0 Å². The zero-order chi connectivity index (χ0) is 11.3. The van der Waals surface area contributed by atoms with Gasteiger partial charge in [0, 0.05) is 25.2 Å². The molecule has 90 valence electrons. The fourth-order valence-electron chi connectivity index (χ4n) is 1.88. The zero-order valence-electron chi connectivity index (χ0n) is 10.6. The van der Waals surface area contributed by atoms with Gasteiger partial charge in [0.1, 0.15) is 0 Å². The predicted molar refractivity (Wildman–Crippen MR) is 62.2 cm³/mol. The molecule has 0 amide bonds. The molecule has 0 N–H and O–H groups in total. The number of rotatable bonds is 5. The highest BCUT2D eigenvalue weighted by Gasteiger charge is 2.29. The van der Waals surface area contributed by atoms with Crippen molar-refractivity contribution in [2.75, 3.05) is 32.9 Å². The van der Waals surface area contributed by atoms with Gasteiger partial charge in [-0.2, -0.15) is 0 Å². The number of morpholine rings is 1. The average Bonchev–Trinajstić information content (AvgIpc) is 2.13. The van der Waals surface area contributed by atoms with E-state index < -0.39 is 0 Å². The minimum absolute atomic E-state index is 0.191. The topological polar surface area (TPSA) is 21.7 Å². The van der Waals surface area contributed by atoms with Gasteiger partial charge in [-0.25, -0.2) is 0 Å². The van der Waals surface area contributed by atoms with E-state index in [4.69, 9.17) is 9.47 Å². The van der Waals surface area contributed by atoms with E-state index >= 15 is 0 Å². The van der Waals surface area contributed by atoms with Crippen LogP contribution in [0.1, 0.15) is 34.1 Å². The second-order valence-corrected chi connectivity index (χ2v) is 5.13. The third-order valence-electron chi connectivity index (χ3n) is 2.84. The molecule has 0 saturated carbocycles. The third-order valence-corrected chi connectivity index (χ3v) is 2.84. The molecule has 0 radical (unpaired) electrons. The van der Waals surface area contributed by atoms with Gasteiger partial charge in [0.25, 0.3) is 0 Å². The van der Waals surface area contributed by atoms with Crippen LogP contribution in [0.4, 0.5) is 0 Å². The molecule has 0 aliphatic carbocycles. The summed E-state index contributed by atoms with van der Waals surface area (Å²) >= 11 is 0. The Labute approximate surface area is 93.7 Å². The summed E-state index contributed by atoms with van der Waals surface area (Å²) in [7, 11) is 0. The first-order chi connectivity index (χ1) is 7.02. The minimum Gasteiger partial charge on any atom is -0.379 e. The molecule has 0 aromatic carbocycles. The number of hydrogen-bond acceptors (Lipinski definition) is 3. The van der Waals surface area contributed by atoms with Crippen LogP contribution in [-0.4, -0.2) is 49.5 Å². The van der Waals surface area contributed by atoms with Crippen LogP contribution in [0.25, 0.3) is 0 Å². The molecule has 1 rings (SSSR count). The van der Waals surface area contributed by atoms with Gasteiger partial charge in [0.2, 0.25) is 0 Å². The molecule has 0 unspecified atom stereocenters. The average molecular weight is 215 g/mol. The van der Waals surface area contributed by atoms with E-state index in [1.165, 1.54) is 0 Å². The Morgan fingerprint density at radius 3 is 2.73 bits per heavy atom. The van der Waals surface area contributed by atoms with Crippen molar-refractivity contribution in [2.24, 2.45) is 0 Å². The van der Waals surface area contributed by atoms with Crippen LogP contribution in [0, 0.1) is 0 Å². The Balaban J connectivity index is 2.19. The molecule has 0 spiro atoms. The smallest absolute Gasteiger partial charge is 0.0645 e. The lowest BCUT2D eigenvalue weighted by Gasteiger charge is -2.42. The molecule has 0 aromatic rings. The Morgan fingerprint density at radius 1 is 1.40 bits per heavy atom. The van der Waals surface area contributed by atoms with Gasteiger partial charge < -0.3 is 9.47 Å². The van der Waals surface area contributed by atoms with Crippen molar-refractivity contribution < 1.29 is 9.47 Å². The lowest BCUT2D eigenvalue weighted by molar-refractivity contribution is -0.0546. The van der Waals surface area contributed by atoms with Gasteiger partial charge >= 0.3 is 0 Å². The zero-order valence-corrected chi connectivity index (χ0v) is 10.6. The van der Waals surface area contributed by atoms with Gasteiger partial charge in [0.05, 0.1) is 19.3 Å². The molecule has 1 saturated heterocycles. The van der Waals surface area contributed by atoms with Crippen LogP contribution in [0.15, 0.2) is 0 Å². The highest BCUT2D eigenvalue weighted by atomic mass is 16.5. The summed E-state index contributed by atoms with van der Waals surface area (Å²) in [4.78, 5) is 2.50. The molecule has 0 aromatic heterocycles. The normalized spacial score (nSPS) is 22.2. The SMILES string of the molecule is CC(C)OCCCN1CCOCC1(C)C. The molecule has 3 nitrogen and oxygen atoms in total. The molecule has 1 heterocycles. The third kappa shape index (κ3) is 4.49.